The van der Waals surface area contributed by atoms with Crippen molar-refractivity contribution in [3.8, 4) is 0 Å². The Morgan fingerprint density at radius 1 is 0.439 bits per heavy atom. The third-order valence-corrected chi connectivity index (χ3v) is 11.4. The Morgan fingerprint density at radius 3 is 1.21 bits per heavy atom. The average molecular weight is 800 g/mol. The van der Waals surface area contributed by atoms with Gasteiger partial charge in [-0.15, -0.1) is 0 Å². The quantitative estimate of drug-likeness (QED) is 0.0281. The van der Waals surface area contributed by atoms with Crippen LogP contribution in [0.3, 0.4) is 0 Å². The average Bonchev–Trinajstić information content (AvgIpc) is 3.22. The highest BCUT2D eigenvalue weighted by molar-refractivity contribution is 5.80. The zero-order valence-corrected chi connectivity index (χ0v) is 38.0. The number of amides is 1. The topological polar surface area (TPSA) is 89.8 Å². The van der Waals surface area contributed by atoms with Gasteiger partial charge in [-0.05, 0) is 57.8 Å². The van der Waals surface area contributed by atoms with Crippen molar-refractivity contribution in [2.45, 2.75) is 270 Å². The molecular weight excluding hydrogens is 703 g/mol. The molecule has 0 aliphatic heterocycles. The van der Waals surface area contributed by atoms with E-state index in [0.29, 0.717) is 6.42 Å². The molecule has 0 heterocycles. The molecule has 0 saturated heterocycles. The lowest BCUT2D eigenvalue weighted by molar-refractivity contribution is -0.131. The summed E-state index contributed by atoms with van der Waals surface area (Å²) in [7, 11) is 0. The third-order valence-electron chi connectivity index (χ3n) is 11.4. The number of aliphatic hydroxyl groups is 3. The molecule has 4 N–H and O–H groups in total. The predicted octanol–water partition coefficient (Wildman–Crippen LogP) is 14.9. The van der Waals surface area contributed by atoms with Crippen LogP contribution in [0.5, 0.6) is 0 Å². The summed E-state index contributed by atoms with van der Waals surface area (Å²) in [5.41, 5.74) is 0. The maximum atomic E-state index is 12.5. The van der Waals surface area contributed by atoms with Crippen molar-refractivity contribution < 1.29 is 20.1 Å². The standard InChI is InChI=1S/C52H97NO4/c1-3-5-7-9-11-13-15-17-19-21-23-24-25-26-27-28-29-31-32-34-36-38-40-42-44-46-50(55)49(48-54)53-52(57)51(56)47-45-43-41-39-37-35-33-30-22-20-18-16-14-12-10-8-6-4-2/h12,14,16,18,36,38,44,46,49-51,54-56H,3-11,13,15,17,19-35,37,39-43,45,47-48H2,1-2H3,(H,53,57)/b14-12-,18-16-,38-36+,46-44+. The molecule has 5 nitrogen and oxygen atoms in total. The largest absolute Gasteiger partial charge is 0.394 e. The number of rotatable bonds is 45. The van der Waals surface area contributed by atoms with Crippen LogP contribution in [0, 0.1) is 0 Å². The lowest BCUT2D eigenvalue weighted by atomic mass is 10.0. The summed E-state index contributed by atoms with van der Waals surface area (Å²) in [5, 5.41) is 33.2. The van der Waals surface area contributed by atoms with Crippen molar-refractivity contribution in [3.05, 3.63) is 48.6 Å². The monoisotopic (exact) mass is 800 g/mol. The fraction of sp³-hybridized carbons (Fsp3) is 0.827. The number of aliphatic hydroxyl groups excluding tert-OH is 3. The number of carbonyl (C=O) groups is 1. The minimum Gasteiger partial charge on any atom is -0.394 e. The highest BCUT2D eigenvalue weighted by Crippen LogP contribution is 2.16. The number of allylic oxidation sites excluding steroid dienone is 7. The molecule has 0 aromatic rings. The van der Waals surface area contributed by atoms with E-state index in [4.69, 9.17) is 0 Å². The molecule has 0 aromatic carbocycles. The number of nitrogens with one attached hydrogen (secondary N) is 1. The fourth-order valence-corrected chi connectivity index (χ4v) is 7.49. The van der Waals surface area contributed by atoms with Gasteiger partial charge in [0, 0.05) is 0 Å². The Hall–Kier alpha value is -1.69. The van der Waals surface area contributed by atoms with Gasteiger partial charge in [-0.2, -0.15) is 0 Å². The van der Waals surface area contributed by atoms with Crippen LogP contribution in [0.15, 0.2) is 48.6 Å². The Labute approximate surface area is 355 Å². The second kappa shape index (κ2) is 47.0. The molecule has 0 aromatic heterocycles. The fourth-order valence-electron chi connectivity index (χ4n) is 7.49. The first-order valence-electron chi connectivity index (χ1n) is 25.0. The summed E-state index contributed by atoms with van der Waals surface area (Å²) in [6, 6.07) is -0.818. The molecule has 0 aliphatic carbocycles. The van der Waals surface area contributed by atoms with E-state index in [2.05, 4.69) is 55.6 Å². The number of carbonyl (C=O) groups excluding carboxylic acids is 1. The molecule has 0 aliphatic rings. The highest BCUT2D eigenvalue weighted by atomic mass is 16.3. The number of unbranched alkanes of at least 4 members (excludes halogenated alkanes) is 32. The smallest absolute Gasteiger partial charge is 0.249 e. The van der Waals surface area contributed by atoms with Crippen molar-refractivity contribution >= 4 is 5.91 Å². The van der Waals surface area contributed by atoms with Crippen molar-refractivity contribution in [2.75, 3.05) is 6.61 Å². The first-order chi connectivity index (χ1) is 28.1. The highest BCUT2D eigenvalue weighted by Gasteiger charge is 2.22. The van der Waals surface area contributed by atoms with Gasteiger partial charge in [-0.1, -0.05) is 242 Å². The van der Waals surface area contributed by atoms with Crippen LogP contribution >= 0.6 is 0 Å². The van der Waals surface area contributed by atoms with Gasteiger partial charge in [-0.25, -0.2) is 0 Å². The summed E-state index contributed by atoms with van der Waals surface area (Å²) in [6.07, 6.45) is 61.6. The van der Waals surface area contributed by atoms with E-state index in [0.717, 1.165) is 38.5 Å². The number of hydrogen-bond acceptors (Lipinski definition) is 4. The molecule has 0 fully saturated rings. The van der Waals surface area contributed by atoms with Gasteiger partial charge >= 0.3 is 0 Å². The molecule has 5 heteroatoms. The van der Waals surface area contributed by atoms with Gasteiger partial charge in [0.05, 0.1) is 18.8 Å². The van der Waals surface area contributed by atoms with Gasteiger partial charge in [0.15, 0.2) is 0 Å². The van der Waals surface area contributed by atoms with Gasteiger partial charge in [0.25, 0.3) is 0 Å². The number of hydrogen-bond donors (Lipinski definition) is 4. The summed E-state index contributed by atoms with van der Waals surface area (Å²) in [5.74, 6) is -0.517. The van der Waals surface area contributed by atoms with E-state index in [1.165, 1.54) is 193 Å². The van der Waals surface area contributed by atoms with Crippen LogP contribution in [0.4, 0.5) is 0 Å². The molecule has 3 atom stereocenters. The van der Waals surface area contributed by atoms with Gasteiger partial charge in [-0.3, -0.25) is 4.79 Å². The van der Waals surface area contributed by atoms with Crippen molar-refractivity contribution in [1.82, 2.24) is 5.32 Å². The van der Waals surface area contributed by atoms with E-state index in [1.54, 1.807) is 6.08 Å². The van der Waals surface area contributed by atoms with Crippen LogP contribution in [-0.4, -0.2) is 46.1 Å². The molecule has 0 bridgehead atoms. The lowest BCUT2D eigenvalue weighted by Gasteiger charge is -2.21. The first kappa shape index (κ1) is 55.3. The molecular formula is C52H97NO4. The maximum absolute atomic E-state index is 12.5. The van der Waals surface area contributed by atoms with Gasteiger partial charge < -0.3 is 20.6 Å². The SMILES string of the molecule is CCCCC/C=C\C=C/CCCCCCCCCCCC(O)C(=O)NC(CO)C(O)/C=C/CC/C=C/CCCCCCCCCCCCCCCCCCCCC. The second-order valence-corrected chi connectivity index (χ2v) is 17.0. The van der Waals surface area contributed by atoms with E-state index in [-0.39, 0.29) is 6.61 Å². The summed E-state index contributed by atoms with van der Waals surface area (Å²) in [6.45, 7) is 4.15. The normalized spacial score (nSPS) is 13.8. The minimum absolute atomic E-state index is 0.378. The molecule has 0 saturated carbocycles. The van der Waals surface area contributed by atoms with Crippen molar-refractivity contribution in [3.63, 3.8) is 0 Å². The Morgan fingerprint density at radius 2 is 0.772 bits per heavy atom. The van der Waals surface area contributed by atoms with E-state index < -0.39 is 24.2 Å². The Balaban J connectivity index is 3.66. The molecule has 0 radical (unpaired) electrons. The summed E-state index contributed by atoms with van der Waals surface area (Å²) < 4.78 is 0. The second-order valence-electron chi connectivity index (χ2n) is 17.0. The molecule has 0 rings (SSSR count). The Kier molecular flexibility index (Phi) is 45.6. The van der Waals surface area contributed by atoms with Crippen LogP contribution in [0.2, 0.25) is 0 Å². The van der Waals surface area contributed by atoms with Crippen LogP contribution < -0.4 is 5.32 Å². The lowest BCUT2D eigenvalue weighted by Crippen LogP contribution is -2.48. The third kappa shape index (κ3) is 42.2. The summed E-state index contributed by atoms with van der Waals surface area (Å²) in [4.78, 5) is 12.5. The Bertz CT molecular complexity index is 927. The van der Waals surface area contributed by atoms with E-state index in [1.807, 2.05) is 6.08 Å². The van der Waals surface area contributed by atoms with Crippen LogP contribution in [-0.2, 0) is 4.79 Å². The van der Waals surface area contributed by atoms with Gasteiger partial charge in [0.2, 0.25) is 5.91 Å². The van der Waals surface area contributed by atoms with Crippen molar-refractivity contribution in [1.29, 1.82) is 0 Å². The van der Waals surface area contributed by atoms with Crippen LogP contribution in [0.1, 0.15) is 251 Å². The zero-order chi connectivity index (χ0) is 41.5. The first-order valence-corrected chi connectivity index (χ1v) is 25.0. The van der Waals surface area contributed by atoms with E-state index in [9.17, 15) is 20.1 Å². The van der Waals surface area contributed by atoms with Crippen LogP contribution in [0.25, 0.3) is 0 Å². The maximum Gasteiger partial charge on any atom is 0.249 e. The molecule has 3 unspecified atom stereocenters. The van der Waals surface area contributed by atoms with Crippen molar-refractivity contribution in [2.24, 2.45) is 0 Å². The molecule has 1 amide bonds. The van der Waals surface area contributed by atoms with Gasteiger partial charge in [0.1, 0.15) is 6.10 Å². The molecule has 0 spiro atoms. The molecule has 57 heavy (non-hydrogen) atoms. The van der Waals surface area contributed by atoms with E-state index >= 15 is 0 Å². The predicted molar refractivity (Wildman–Crippen MR) is 250 cm³/mol. The molecule has 334 valence electrons. The minimum atomic E-state index is -1.11. The summed E-state index contributed by atoms with van der Waals surface area (Å²) >= 11 is 0. The zero-order valence-electron chi connectivity index (χ0n) is 38.0.